The quantitative estimate of drug-likeness (QED) is 0.686. The summed E-state index contributed by atoms with van der Waals surface area (Å²) in [5.74, 6) is 2.73. The lowest BCUT2D eigenvalue weighted by Crippen LogP contribution is -2.33. The van der Waals surface area contributed by atoms with E-state index in [1.807, 2.05) is 0 Å². The second kappa shape index (κ2) is 4.97. The SMILES string of the molecule is CCC(C)(C)C1SCCCSC1C. The molecule has 0 aliphatic carbocycles. The van der Waals surface area contributed by atoms with Crippen molar-refractivity contribution < 1.29 is 0 Å². The summed E-state index contributed by atoms with van der Waals surface area (Å²) in [6.45, 7) is 9.58. The fourth-order valence-corrected chi connectivity index (χ4v) is 5.16. The minimum atomic E-state index is 0.515. The highest BCUT2D eigenvalue weighted by Crippen LogP contribution is 2.42. The molecule has 0 amide bonds. The molecule has 0 N–H and O–H groups in total. The zero-order valence-electron chi connectivity index (χ0n) is 9.30. The predicted molar refractivity (Wildman–Crippen MR) is 66.9 cm³/mol. The first-order valence-corrected chi connectivity index (χ1v) is 7.41. The fraction of sp³-hybridized carbons (Fsp3) is 1.00. The van der Waals surface area contributed by atoms with Gasteiger partial charge < -0.3 is 0 Å². The zero-order valence-corrected chi connectivity index (χ0v) is 10.9. The van der Waals surface area contributed by atoms with E-state index in [1.165, 1.54) is 24.3 Å². The summed E-state index contributed by atoms with van der Waals surface area (Å²) in [5.41, 5.74) is 0.515. The third-order valence-electron chi connectivity index (χ3n) is 3.07. The van der Waals surface area contributed by atoms with Crippen molar-refractivity contribution in [1.29, 1.82) is 0 Å². The van der Waals surface area contributed by atoms with Gasteiger partial charge in [-0.2, -0.15) is 23.5 Å². The van der Waals surface area contributed by atoms with Crippen LogP contribution in [-0.4, -0.2) is 22.0 Å². The summed E-state index contributed by atoms with van der Waals surface area (Å²) in [6.07, 6.45) is 2.70. The number of thioether (sulfide) groups is 2. The van der Waals surface area contributed by atoms with Crippen LogP contribution in [0.25, 0.3) is 0 Å². The highest BCUT2D eigenvalue weighted by molar-refractivity contribution is 8.04. The summed E-state index contributed by atoms with van der Waals surface area (Å²) in [5, 5.41) is 1.69. The average Bonchev–Trinajstić information content (AvgIpc) is 2.30. The van der Waals surface area contributed by atoms with Crippen LogP contribution in [0, 0.1) is 5.41 Å². The van der Waals surface area contributed by atoms with Crippen LogP contribution in [0.5, 0.6) is 0 Å². The highest BCUT2D eigenvalue weighted by Gasteiger charge is 2.33. The van der Waals surface area contributed by atoms with Crippen molar-refractivity contribution in [3.63, 3.8) is 0 Å². The van der Waals surface area contributed by atoms with Gasteiger partial charge in [0.05, 0.1) is 0 Å². The van der Waals surface area contributed by atoms with Gasteiger partial charge in [-0.15, -0.1) is 0 Å². The normalized spacial score (nSPS) is 31.4. The minimum Gasteiger partial charge on any atom is -0.158 e. The maximum Gasteiger partial charge on any atom is 0.0214 e. The van der Waals surface area contributed by atoms with Gasteiger partial charge >= 0.3 is 0 Å². The summed E-state index contributed by atoms with van der Waals surface area (Å²) >= 11 is 4.37. The van der Waals surface area contributed by atoms with Crippen LogP contribution in [0.4, 0.5) is 0 Å². The van der Waals surface area contributed by atoms with E-state index in [4.69, 9.17) is 0 Å². The van der Waals surface area contributed by atoms with E-state index in [9.17, 15) is 0 Å². The minimum absolute atomic E-state index is 0.515. The van der Waals surface area contributed by atoms with Gasteiger partial charge in [-0.25, -0.2) is 0 Å². The van der Waals surface area contributed by atoms with Gasteiger partial charge in [0.15, 0.2) is 0 Å². The van der Waals surface area contributed by atoms with Gasteiger partial charge in [0.1, 0.15) is 0 Å². The van der Waals surface area contributed by atoms with Gasteiger partial charge in [-0.1, -0.05) is 27.7 Å². The fourth-order valence-electron chi connectivity index (χ4n) is 1.82. The number of hydrogen-bond donors (Lipinski definition) is 0. The van der Waals surface area contributed by atoms with E-state index in [2.05, 4.69) is 51.2 Å². The maximum atomic E-state index is 2.42. The van der Waals surface area contributed by atoms with E-state index in [0.29, 0.717) is 5.41 Å². The Morgan fingerprint density at radius 3 is 2.46 bits per heavy atom. The molecule has 1 aliphatic rings. The molecular weight excluding hydrogens is 196 g/mol. The molecule has 1 saturated heterocycles. The lowest BCUT2D eigenvalue weighted by atomic mass is 9.85. The van der Waals surface area contributed by atoms with Gasteiger partial charge in [-0.3, -0.25) is 0 Å². The molecular formula is C11H22S2. The van der Waals surface area contributed by atoms with E-state index < -0.39 is 0 Å². The first kappa shape index (κ1) is 11.8. The molecule has 2 heteroatoms. The van der Waals surface area contributed by atoms with Crippen molar-refractivity contribution in [2.24, 2.45) is 5.41 Å². The van der Waals surface area contributed by atoms with Crippen molar-refractivity contribution in [2.45, 2.75) is 51.0 Å². The van der Waals surface area contributed by atoms with Crippen molar-refractivity contribution in [3.8, 4) is 0 Å². The van der Waals surface area contributed by atoms with Gasteiger partial charge in [-0.05, 0) is 29.8 Å². The van der Waals surface area contributed by atoms with Gasteiger partial charge in [0.25, 0.3) is 0 Å². The Morgan fingerprint density at radius 2 is 1.85 bits per heavy atom. The van der Waals surface area contributed by atoms with Crippen LogP contribution in [0.3, 0.4) is 0 Å². The molecule has 0 aromatic carbocycles. The molecule has 1 heterocycles. The van der Waals surface area contributed by atoms with Gasteiger partial charge in [0, 0.05) is 10.5 Å². The summed E-state index contributed by atoms with van der Waals surface area (Å²) < 4.78 is 0. The molecule has 0 radical (unpaired) electrons. The molecule has 1 fully saturated rings. The molecule has 0 nitrogen and oxygen atoms in total. The topological polar surface area (TPSA) is 0 Å². The molecule has 0 aromatic heterocycles. The molecule has 0 aromatic rings. The Balaban J connectivity index is 2.63. The van der Waals surface area contributed by atoms with Crippen LogP contribution < -0.4 is 0 Å². The van der Waals surface area contributed by atoms with E-state index in [-0.39, 0.29) is 0 Å². The Morgan fingerprint density at radius 1 is 1.23 bits per heavy atom. The first-order valence-electron chi connectivity index (χ1n) is 5.31. The Hall–Kier alpha value is 0.700. The molecule has 2 atom stereocenters. The van der Waals surface area contributed by atoms with Crippen molar-refractivity contribution >= 4 is 23.5 Å². The van der Waals surface area contributed by atoms with Crippen molar-refractivity contribution in [1.82, 2.24) is 0 Å². The molecule has 13 heavy (non-hydrogen) atoms. The van der Waals surface area contributed by atoms with Crippen molar-refractivity contribution in [2.75, 3.05) is 11.5 Å². The lowest BCUT2D eigenvalue weighted by Gasteiger charge is -2.35. The smallest absolute Gasteiger partial charge is 0.0214 e. The Bertz CT molecular complexity index is 154. The van der Waals surface area contributed by atoms with Crippen LogP contribution >= 0.6 is 23.5 Å². The van der Waals surface area contributed by atoms with Crippen LogP contribution in [0.2, 0.25) is 0 Å². The summed E-state index contributed by atoms with van der Waals surface area (Å²) in [6, 6.07) is 0. The Kier molecular flexibility index (Phi) is 4.50. The maximum absolute atomic E-state index is 2.42. The number of rotatable bonds is 2. The van der Waals surface area contributed by atoms with E-state index >= 15 is 0 Å². The van der Waals surface area contributed by atoms with Crippen LogP contribution in [0.1, 0.15) is 40.5 Å². The molecule has 1 rings (SSSR count). The van der Waals surface area contributed by atoms with E-state index in [0.717, 1.165) is 10.5 Å². The largest absolute Gasteiger partial charge is 0.158 e. The first-order chi connectivity index (χ1) is 6.08. The predicted octanol–water partition coefficient (Wildman–Crippen LogP) is 4.05. The molecule has 1 aliphatic heterocycles. The third-order valence-corrected chi connectivity index (χ3v) is 6.50. The standard InChI is InChI=1S/C11H22S2/c1-5-11(3,4)10-9(2)12-7-6-8-13-10/h9-10H,5-8H2,1-4H3. The second-order valence-electron chi connectivity index (χ2n) is 4.56. The monoisotopic (exact) mass is 218 g/mol. The molecule has 0 spiro atoms. The van der Waals surface area contributed by atoms with Gasteiger partial charge in [0.2, 0.25) is 0 Å². The third kappa shape index (κ3) is 3.09. The Labute approximate surface area is 91.6 Å². The summed E-state index contributed by atoms with van der Waals surface area (Å²) in [7, 11) is 0. The van der Waals surface area contributed by atoms with E-state index in [1.54, 1.807) is 0 Å². The zero-order chi connectivity index (χ0) is 9.90. The molecule has 0 saturated carbocycles. The molecule has 2 unspecified atom stereocenters. The molecule has 0 bridgehead atoms. The highest BCUT2D eigenvalue weighted by atomic mass is 32.2. The number of hydrogen-bond acceptors (Lipinski definition) is 2. The summed E-state index contributed by atoms with van der Waals surface area (Å²) in [4.78, 5) is 0. The van der Waals surface area contributed by atoms with Crippen LogP contribution in [-0.2, 0) is 0 Å². The average molecular weight is 218 g/mol. The van der Waals surface area contributed by atoms with Crippen LogP contribution in [0.15, 0.2) is 0 Å². The molecule has 78 valence electrons. The lowest BCUT2D eigenvalue weighted by molar-refractivity contribution is 0.335. The second-order valence-corrected chi connectivity index (χ2v) is 7.30. The van der Waals surface area contributed by atoms with Crippen molar-refractivity contribution in [3.05, 3.63) is 0 Å².